The van der Waals surface area contributed by atoms with Crippen molar-refractivity contribution in [1.82, 2.24) is 5.32 Å². The van der Waals surface area contributed by atoms with Gasteiger partial charge in [-0.3, -0.25) is 0 Å². The first-order valence-electron chi connectivity index (χ1n) is 9.41. The molecule has 142 valence electrons. The molecule has 0 saturated carbocycles. The predicted octanol–water partition coefficient (Wildman–Crippen LogP) is 5.20. The second-order valence-corrected chi connectivity index (χ2v) is 6.93. The van der Waals surface area contributed by atoms with Crippen LogP contribution in [0.1, 0.15) is 58.1 Å². The second-order valence-electron chi connectivity index (χ2n) is 6.93. The Labute approximate surface area is 161 Å². The van der Waals surface area contributed by atoms with E-state index in [1.165, 1.54) is 5.57 Å². The van der Waals surface area contributed by atoms with Crippen molar-refractivity contribution < 1.29 is 14.3 Å². The van der Waals surface area contributed by atoms with Gasteiger partial charge in [-0.15, -0.1) is 0 Å². The number of carbonyl (C=O) groups excluding carboxylic acids is 1. The van der Waals surface area contributed by atoms with Gasteiger partial charge in [0, 0.05) is 28.4 Å². The summed E-state index contributed by atoms with van der Waals surface area (Å²) in [6.07, 6.45) is 2.75. The second kappa shape index (κ2) is 7.47. The van der Waals surface area contributed by atoms with E-state index in [9.17, 15) is 4.79 Å². The highest BCUT2D eigenvalue weighted by Gasteiger charge is 2.36. The first-order chi connectivity index (χ1) is 12.9. The van der Waals surface area contributed by atoms with E-state index in [1.54, 1.807) is 0 Å². The molecule has 2 aliphatic rings. The molecule has 2 heterocycles. The van der Waals surface area contributed by atoms with Crippen LogP contribution >= 0.6 is 0 Å². The minimum Gasteiger partial charge on any atom is -0.463 e. The maximum atomic E-state index is 12.8. The average Bonchev–Trinajstić information content (AvgIpc) is 2.60. The summed E-state index contributed by atoms with van der Waals surface area (Å²) in [4.78, 5) is 12.8. The summed E-state index contributed by atoms with van der Waals surface area (Å²) in [5.41, 5.74) is 6.57. The molecule has 0 unspecified atom stereocenters. The van der Waals surface area contributed by atoms with E-state index in [0.717, 1.165) is 46.0 Å². The van der Waals surface area contributed by atoms with Crippen LogP contribution in [0.3, 0.4) is 0 Å². The standard InChI is InChI=1S/C23H27NO3/c1-7-17-15(5)24-16(6)20(23(25)26-8-2)21(17)19-11-9-10-18-13(3)12-14(4)27-22(18)19/h9-12,21,24H,3,7-8H2,1-2,4-6H3/t21-/m0/s1. The van der Waals surface area contributed by atoms with E-state index in [1.807, 2.05) is 45.0 Å². The third-order valence-corrected chi connectivity index (χ3v) is 5.12. The van der Waals surface area contributed by atoms with Gasteiger partial charge in [0.2, 0.25) is 0 Å². The first-order valence-corrected chi connectivity index (χ1v) is 9.41. The molecule has 2 aliphatic heterocycles. The fraction of sp³-hybridized carbons (Fsp3) is 0.348. The molecule has 1 atom stereocenters. The molecule has 0 saturated heterocycles. The maximum Gasteiger partial charge on any atom is 0.336 e. The van der Waals surface area contributed by atoms with Crippen LogP contribution in [0, 0.1) is 0 Å². The van der Waals surface area contributed by atoms with Gasteiger partial charge in [0.05, 0.1) is 12.2 Å². The minimum atomic E-state index is -0.287. The largest absolute Gasteiger partial charge is 0.463 e. The molecule has 0 aliphatic carbocycles. The van der Waals surface area contributed by atoms with Gasteiger partial charge in [-0.2, -0.15) is 0 Å². The van der Waals surface area contributed by atoms with Gasteiger partial charge >= 0.3 is 5.97 Å². The van der Waals surface area contributed by atoms with Crippen molar-refractivity contribution in [2.45, 2.75) is 47.0 Å². The molecule has 4 heteroatoms. The molecule has 3 rings (SSSR count). The number of nitrogens with one attached hydrogen (secondary N) is 1. The quantitative estimate of drug-likeness (QED) is 0.745. The van der Waals surface area contributed by atoms with Crippen molar-refractivity contribution in [2.24, 2.45) is 0 Å². The number of carbonyl (C=O) groups is 1. The lowest BCUT2D eigenvalue weighted by Gasteiger charge is -2.33. The Balaban J connectivity index is 2.23. The van der Waals surface area contributed by atoms with Crippen molar-refractivity contribution in [1.29, 1.82) is 0 Å². The van der Waals surface area contributed by atoms with Gasteiger partial charge in [0.25, 0.3) is 0 Å². The van der Waals surface area contributed by atoms with E-state index in [4.69, 9.17) is 9.47 Å². The normalized spacial score (nSPS) is 19.2. The zero-order valence-electron chi connectivity index (χ0n) is 16.7. The minimum absolute atomic E-state index is 0.205. The van der Waals surface area contributed by atoms with Crippen LogP contribution in [-0.2, 0) is 9.53 Å². The van der Waals surface area contributed by atoms with Gasteiger partial charge in [0.15, 0.2) is 0 Å². The molecule has 4 nitrogen and oxygen atoms in total. The van der Waals surface area contributed by atoms with Gasteiger partial charge in [-0.05, 0) is 51.3 Å². The summed E-state index contributed by atoms with van der Waals surface area (Å²) in [5, 5.41) is 3.36. The monoisotopic (exact) mass is 365 g/mol. The van der Waals surface area contributed by atoms with Gasteiger partial charge in [-0.1, -0.05) is 31.7 Å². The van der Waals surface area contributed by atoms with E-state index in [0.29, 0.717) is 12.2 Å². The van der Waals surface area contributed by atoms with E-state index in [-0.39, 0.29) is 11.9 Å². The van der Waals surface area contributed by atoms with Gasteiger partial charge in [-0.25, -0.2) is 4.79 Å². The van der Waals surface area contributed by atoms with Crippen LogP contribution in [0.4, 0.5) is 0 Å². The predicted molar refractivity (Wildman–Crippen MR) is 108 cm³/mol. The molecule has 0 radical (unpaired) electrons. The highest BCUT2D eigenvalue weighted by Crippen LogP contribution is 2.47. The molecular weight excluding hydrogens is 338 g/mol. The number of dihydropyridines is 1. The molecular formula is C23H27NO3. The molecule has 1 aromatic rings. The lowest BCUT2D eigenvalue weighted by atomic mass is 9.78. The van der Waals surface area contributed by atoms with Crippen molar-refractivity contribution >= 4 is 11.5 Å². The van der Waals surface area contributed by atoms with Gasteiger partial charge in [0.1, 0.15) is 11.5 Å². The molecule has 27 heavy (non-hydrogen) atoms. The van der Waals surface area contributed by atoms with Crippen LogP contribution in [0.25, 0.3) is 5.57 Å². The van der Waals surface area contributed by atoms with Gasteiger partial charge < -0.3 is 14.8 Å². The summed E-state index contributed by atoms with van der Waals surface area (Å²) in [6, 6.07) is 6.05. The van der Waals surface area contributed by atoms with Crippen LogP contribution in [-0.4, -0.2) is 12.6 Å². The van der Waals surface area contributed by atoms with Crippen molar-refractivity contribution in [3.63, 3.8) is 0 Å². The lowest BCUT2D eigenvalue weighted by molar-refractivity contribution is -0.138. The lowest BCUT2D eigenvalue weighted by Crippen LogP contribution is -2.29. The Morgan fingerprint density at radius 1 is 1.22 bits per heavy atom. The fourth-order valence-electron chi connectivity index (χ4n) is 3.99. The molecule has 0 aromatic heterocycles. The van der Waals surface area contributed by atoms with E-state index >= 15 is 0 Å². The zero-order valence-corrected chi connectivity index (χ0v) is 16.7. The molecule has 0 bridgehead atoms. The number of hydrogen-bond acceptors (Lipinski definition) is 4. The number of esters is 1. The van der Waals surface area contributed by atoms with Crippen molar-refractivity contribution in [2.75, 3.05) is 6.61 Å². The summed E-state index contributed by atoms with van der Waals surface area (Å²) in [7, 11) is 0. The Hall–Kier alpha value is -2.75. The summed E-state index contributed by atoms with van der Waals surface area (Å²) < 4.78 is 11.5. The maximum absolute atomic E-state index is 12.8. The number of fused-ring (bicyclic) bond motifs is 1. The molecule has 1 aromatic carbocycles. The summed E-state index contributed by atoms with van der Waals surface area (Å²) in [5.74, 6) is 1.09. The smallest absolute Gasteiger partial charge is 0.336 e. The zero-order chi connectivity index (χ0) is 19.7. The van der Waals surface area contributed by atoms with Crippen molar-refractivity contribution in [3.8, 4) is 5.75 Å². The van der Waals surface area contributed by atoms with Crippen LogP contribution in [0.2, 0.25) is 0 Å². The Bertz CT molecular complexity index is 902. The van der Waals surface area contributed by atoms with Crippen LogP contribution in [0.15, 0.2) is 59.2 Å². The summed E-state index contributed by atoms with van der Waals surface area (Å²) >= 11 is 0. The molecule has 0 spiro atoms. The number of allylic oxidation sites excluding steroid dienone is 6. The third kappa shape index (κ3) is 3.32. The van der Waals surface area contributed by atoms with Crippen LogP contribution in [0.5, 0.6) is 5.75 Å². The molecule has 1 N–H and O–H groups in total. The fourth-order valence-corrected chi connectivity index (χ4v) is 3.99. The number of rotatable bonds is 4. The SMILES string of the molecule is C=C1C=C(C)Oc2c1cccc2[C@@H]1C(CC)=C(C)NC(C)=C1C(=O)OCC. The number of hydrogen-bond donors (Lipinski definition) is 1. The van der Waals surface area contributed by atoms with E-state index in [2.05, 4.69) is 25.7 Å². The Morgan fingerprint density at radius 2 is 1.96 bits per heavy atom. The number of ether oxygens (including phenoxy) is 2. The average molecular weight is 365 g/mol. The Kier molecular flexibility index (Phi) is 5.26. The van der Waals surface area contributed by atoms with Crippen LogP contribution < -0.4 is 10.1 Å². The highest BCUT2D eigenvalue weighted by molar-refractivity contribution is 5.93. The first kappa shape index (κ1) is 19.0. The topological polar surface area (TPSA) is 47.6 Å². The highest BCUT2D eigenvalue weighted by atomic mass is 16.5. The third-order valence-electron chi connectivity index (χ3n) is 5.12. The van der Waals surface area contributed by atoms with E-state index < -0.39 is 0 Å². The molecule has 0 fully saturated rings. The Morgan fingerprint density at radius 3 is 2.63 bits per heavy atom. The van der Waals surface area contributed by atoms with Crippen molar-refractivity contribution in [3.05, 3.63) is 70.3 Å². The number of para-hydroxylation sites is 1. The molecule has 0 amide bonds. The summed E-state index contributed by atoms with van der Waals surface area (Å²) in [6.45, 7) is 14.3. The number of benzene rings is 1.